The number of esters is 1. The van der Waals surface area contributed by atoms with E-state index < -0.39 is 41.1 Å². The lowest BCUT2D eigenvalue weighted by Crippen LogP contribution is -2.60. The first-order valence-electron chi connectivity index (χ1n) is 15.0. The molecule has 3 fully saturated rings. The predicted molar refractivity (Wildman–Crippen MR) is 147 cm³/mol. The molecule has 1 spiro atoms. The second-order valence-corrected chi connectivity index (χ2v) is 12.1. The highest BCUT2D eigenvalue weighted by atomic mass is 16.6. The number of allylic oxidation sites excluding steroid dienone is 1. The summed E-state index contributed by atoms with van der Waals surface area (Å²) >= 11 is 0. The fraction of sp³-hybridized carbons (Fsp3) is 0.767. The number of aliphatic hydroxyl groups is 1. The summed E-state index contributed by atoms with van der Waals surface area (Å²) in [6.45, 7) is 10.4. The van der Waals surface area contributed by atoms with E-state index in [0.717, 1.165) is 32.4 Å². The van der Waals surface area contributed by atoms with Crippen LogP contribution < -0.4 is 0 Å². The average Bonchev–Trinajstić information content (AvgIpc) is 3.31. The Balaban J connectivity index is 1.58. The minimum Gasteiger partial charge on any atom is -0.465 e. The third-order valence-corrected chi connectivity index (χ3v) is 9.51. The summed E-state index contributed by atoms with van der Waals surface area (Å²) in [5.74, 6) is -2.92. The molecular weight excluding hydrogens is 514 g/mol. The van der Waals surface area contributed by atoms with E-state index in [9.17, 15) is 19.5 Å². The Labute approximate surface area is 237 Å². The number of cyclic esters (lactones) is 1. The van der Waals surface area contributed by atoms with Crippen molar-refractivity contribution >= 4 is 17.8 Å². The fourth-order valence-electron chi connectivity index (χ4n) is 7.29. The molecule has 0 radical (unpaired) electrons. The lowest BCUT2D eigenvalue weighted by Gasteiger charge is -2.42. The molecular formula is C30H45N3O7. The highest BCUT2D eigenvalue weighted by molar-refractivity contribution is 5.99. The number of amides is 2. The number of rotatable bonds is 7. The minimum absolute atomic E-state index is 0.113. The van der Waals surface area contributed by atoms with Crippen molar-refractivity contribution in [1.82, 2.24) is 14.7 Å². The van der Waals surface area contributed by atoms with Crippen LogP contribution in [0.5, 0.6) is 0 Å². The fourth-order valence-corrected chi connectivity index (χ4v) is 7.29. The van der Waals surface area contributed by atoms with Crippen molar-refractivity contribution in [3.05, 3.63) is 24.3 Å². The lowest BCUT2D eigenvalue weighted by molar-refractivity contribution is -0.164. The molecule has 0 aromatic carbocycles. The van der Waals surface area contributed by atoms with Crippen LogP contribution in [0.4, 0.5) is 0 Å². The zero-order valence-electron chi connectivity index (χ0n) is 24.1. The molecule has 0 saturated carbocycles. The van der Waals surface area contributed by atoms with Gasteiger partial charge in [0.15, 0.2) is 0 Å². The Bertz CT molecular complexity index is 1020. The van der Waals surface area contributed by atoms with Crippen LogP contribution in [-0.4, -0.2) is 120 Å². The molecule has 3 saturated heterocycles. The normalized spacial score (nSPS) is 36.6. The maximum Gasteiger partial charge on any atom is 0.313 e. The van der Waals surface area contributed by atoms with E-state index in [-0.39, 0.29) is 24.3 Å². The standard InChI is InChI=1S/C30H45N3O7/c1-4-29-10-7-5-6-8-17-39-28(37)24(29)23-26(35)33(22(20-34)21(2)3)25-27(36)32(12-9-11-30(23,25)40-29)14-13-31-15-18-38-19-16-31/h7,9-11,21-25,34H,4-6,8,12-20H2,1-3H3/b10-7-/t22-,23-,24+,25?,29-,30-/m0/s1. The Kier molecular flexibility index (Phi) is 8.71. The number of ether oxygens (including phenoxy) is 3. The van der Waals surface area contributed by atoms with Gasteiger partial charge in [0.25, 0.3) is 0 Å². The van der Waals surface area contributed by atoms with Crippen LogP contribution in [0.25, 0.3) is 0 Å². The van der Waals surface area contributed by atoms with Gasteiger partial charge in [-0.05, 0) is 31.6 Å². The number of fused-ring (bicyclic) bond motifs is 2. The van der Waals surface area contributed by atoms with Gasteiger partial charge in [0, 0.05) is 32.7 Å². The van der Waals surface area contributed by atoms with Crippen LogP contribution in [0.1, 0.15) is 46.5 Å². The van der Waals surface area contributed by atoms with Gasteiger partial charge in [-0.3, -0.25) is 19.3 Å². The lowest BCUT2D eigenvalue weighted by atomic mass is 9.73. The molecule has 5 rings (SSSR count). The van der Waals surface area contributed by atoms with Crippen LogP contribution in [0.3, 0.4) is 0 Å². The number of hydrogen-bond donors (Lipinski definition) is 1. The molecule has 10 heteroatoms. The average molecular weight is 560 g/mol. The number of carbonyl (C=O) groups excluding carboxylic acids is 3. The molecule has 0 aromatic heterocycles. The SMILES string of the molecule is CC[C@]12/C=C\CCCCOC(=O)[C@H]1[C@H]1C(=O)N([C@@H](CO)C(C)C)C3C(=O)N(CCN4CCOCC4)CC=C[C@@]31O2. The van der Waals surface area contributed by atoms with Crippen molar-refractivity contribution < 1.29 is 33.7 Å². The number of carbonyl (C=O) groups is 3. The highest BCUT2D eigenvalue weighted by Gasteiger charge is 2.76. The molecule has 0 aliphatic carbocycles. The first-order valence-corrected chi connectivity index (χ1v) is 15.0. The Hall–Kier alpha value is -2.27. The van der Waals surface area contributed by atoms with Gasteiger partial charge >= 0.3 is 5.97 Å². The number of nitrogens with zero attached hydrogens (tertiary/aromatic N) is 3. The van der Waals surface area contributed by atoms with Crippen LogP contribution in [0.15, 0.2) is 24.3 Å². The molecule has 1 unspecified atom stereocenters. The van der Waals surface area contributed by atoms with Crippen molar-refractivity contribution in [2.45, 2.75) is 69.7 Å². The van der Waals surface area contributed by atoms with E-state index in [2.05, 4.69) is 4.90 Å². The predicted octanol–water partition coefficient (Wildman–Crippen LogP) is 1.38. The Morgan fingerprint density at radius 3 is 2.48 bits per heavy atom. The van der Waals surface area contributed by atoms with Crippen LogP contribution in [0, 0.1) is 17.8 Å². The van der Waals surface area contributed by atoms with Gasteiger partial charge in [-0.2, -0.15) is 0 Å². The summed E-state index contributed by atoms with van der Waals surface area (Å²) in [5.41, 5.74) is -2.42. The Morgan fingerprint density at radius 2 is 1.77 bits per heavy atom. The third kappa shape index (κ3) is 4.91. The number of likely N-dealkylation sites (tertiary alicyclic amines) is 1. The summed E-state index contributed by atoms with van der Waals surface area (Å²) in [7, 11) is 0. The van der Waals surface area contributed by atoms with Gasteiger partial charge < -0.3 is 29.1 Å². The summed E-state index contributed by atoms with van der Waals surface area (Å²) in [6, 6.07) is -1.59. The van der Waals surface area contributed by atoms with Crippen molar-refractivity contribution in [2.24, 2.45) is 17.8 Å². The van der Waals surface area contributed by atoms with E-state index in [4.69, 9.17) is 14.2 Å². The molecule has 0 bridgehead atoms. The van der Waals surface area contributed by atoms with Crippen LogP contribution >= 0.6 is 0 Å². The quantitative estimate of drug-likeness (QED) is 0.368. The van der Waals surface area contributed by atoms with Gasteiger partial charge in [0.2, 0.25) is 11.8 Å². The monoisotopic (exact) mass is 559 g/mol. The van der Waals surface area contributed by atoms with Crippen molar-refractivity contribution in [1.29, 1.82) is 0 Å². The molecule has 40 heavy (non-hydrogen) atoms. The highest BCUT2D eigenvalue weighted by Crippen LogP contribution is 2.58. The molecule has 6 atom stereocenters. The van der Waals surface area contributed by atoms with Gasteiger partial charge in [-0.25, -0.2) is 0 Å². The topological polar surface area (TPSA) is 109 Å². The second kappa shape index (κ2) is 11.9. The zero-order chi connectivity index (χ0) is 28.5. The second-order valence-electron chi connectivity index (χ2n) is 12.1. The van der Waals surface area contributed by atoms with Crippen LogP contribution in [0.2, 0.25) is 0 Å². The van der Waals surface area contributed by atoms with E-state index in [1.165, 1.54) is 0 Å². The van der Waals surface area contributed by atoms with Gasteiger partial charge in [0.1, 0.15) is 23.2 Å². The van der Waals surface area contributed by atoms with E-state index in [1.807, 2.05) is 45.1 Å². The minimum atomic E-state index is -1.34. The molecule has 2 amide bonds. The molecule has 5 aliphatic rings. The number of aliphatic hydroxyl groups excluding tert-OH is 1. The largest absolute Gasteiger partial charge is 0.465 e. The van der Waals surface area contributed by atoms with Gasteiger partial charge in [-0.1, -0.05) is 45.1 Å². The molecule has 5 heterocycles. The maximum absolute atomic E-state index is 14.5. The molecule has 0 aromatic rings. The van der Waals surface area contributed by atoms with E-state index in [0.29, 0.717) is 45.9 Å². The van der Waals surface area contributed by atoms with Crippen molar-refractivity contribution in [2.75, 3.05) is 59.2 Å². The first-order chi connectivity index (χ1) is 19.3. The van der Waals surface area contributed by atoms with Crippen molar-refractivity contribution in [3.63, 3.8) is 0 Å². The van der Waals surface area contributed by atoms with Gasteiger partial charge in [-0.15, -0.1) is 0 Å². The zero-order valence-corrected chi connectivity index (χ0v) is 24.1. The van der Waals surface area contributed by atoms with Crippen LogP contribution in [-0.2, 0) is 28.6 Å². The summed E-state index contributed by atoms with van der Waals surface area (Å²) in [4.78, 5) is 48.4. The Morgan fingerprint density at radius 1 is 1.00 bits per heavy atom. The summed E-state index contributed by atoms with van der Waals surface area (Å²) < 4.78 is 18.2. The van der Waals surface area contributed by atoms with E-state index in [1.54, 1.807) is 9.80 Å². The molecule has 10 nitrogen and oxygen atoms in total. The smallest absolute Gasteiger partial charge is 0.313 e. The van der Waals surface area contributed by atoms with Crippen molar-refractivity contribution in [3.8, 4) is 0 Å². The van der Waals surface area contributed by atoms with Gasteiger partial charge in [0.05, 0.1) is 38.4 Å². The molecule has 222 valence electrons. The molecule has 5 aliphatic heterocycles. The number of hydrogen-bond acceptors (Lipinski definition) is 8. The molecule has 1 N–H and O–H groups in total. The van der Waals surface area contributed by atoms with E-state index >= 15 is 0 Å². The first kappa shape index (κ1) is 29.2. The summed E-state index contributed by atoms with van der Waals surface area (Å²) in [6.07, 6.45) is 10.7. The summed E-state index contributed by atoms with van der Waals surface area (Å²) in [5, 5.41) is 10.5. The number of morpholine rings is 1. The maximum atomic E-state index is 14.5. The third-order valence-electron chi connectivity index (χ3n) is 9.51.